The minimum atomic E-state index is 0. The van der Waals surface area contributed by atoms with Crippen LogP contribution in [0.15, 0.2) is 96.6 Å². The number of hydrogen-bond acceptors (Lipinski definition) is 4. The van der Waals surface area contributed by atoms with E-state index in [1.54, 1.807) is 17.7 Å². The Bertz CT molecular complexity index is 1490. The zero-order valence-electron chi connectivity index (χ0n) is 17.8. The number of pyridine rings is 1. The summed E-state index contributed by atoms with van der Waals surface area (Å²) in [5, 5.41) is 4.44. The molecule has 3 aromatic carbocycles. The van der Waals surface area contributed by atoms with Crippen molar-refractivity contribution in [2.24, 2.45) is 0 Å². The zero-order valence-corrected chi connectivity index (χ0v) is 21.0. The van der Waals surface area contributed by atoms with Crippen molar-refractivity contribution in [1.29, 1.82) is 0 Å². The molecule has 1 radical (unpaired) electrons. The van der Waals surface area contributed by atoms with Gasteiger partial charge in [-0.2, -0.15) is 11.3 Å². The number of nitrogens with zero attached hydrogens (tertiary/aromatic N) is 3. The van der Waals surface area contributed by atoms with Crippen LogP contribution in [0.1, 0.15) is 5.69 Å². The maximum Gasteiger partial charge on any atom is 0.106 e. The summed E-state index contributed by atoms with van der Waals surface area (Å²) in [5.74, 6) is 0. The van der Waals surface area contributed by atoms with Crippen LogP contribution < -0.4 is 0 Å². The van der Waals surface area contributed by atoms with Gasteiger partial charge in [0, 0.05) is 36.2 Å². The molecule has 6 aromatic rings. The van der Waals surface area contributed by atoms with Gasteiger partial charge >= 0.3 is 0 Å². The molecule has 3 heterocycles. The summed E-state index contributed by atoms with van der Waals surface area (Å²) in [6.07, 6.45) is 1.62. The number of hydrogen-bond donors (Lipinski definition) is 0. The molecular weight excluding hydrogens is 603 g/mol. The first-order chi connectivity index (χ1) is 15.8. The molecule has 3 nitrogen and oxygen atoms in total. The summed E-state index contributed by atoms with van der Waals surface area (Å²) in [6.45, 7) is 1.99. The third-order valence-corrected chi connectivity index (χ3v) is 5.98. The van der Waals surface area contributed by atoms with Crippen molar-refractivity contribution in [2.75, 3.05) is 0 Å². The number of thiophene rings is 1. The van der Waals surface area contributed by atoms with Gasteiger partial charge in [-0.3, -0.25) is 4.98 Å². The molecule has 0 aliphatic carbocycles. The Hall–Kier alpha value is -3.24. The van der Waals surface area contributed by atoms with Crippen LogP contribution in [0, 0.1) is 19.1 Å². The second-order valence-electron chi connectivity index (χ2n) is 7.24. The van der Waals surface area contributed by atoms with Gasteiger partial charge in [-0.05, 0) is 30.1 Å². The van der Waals surface area contributed by atoms with Gasteiger partial charge in [0.1, 0.15) is 6.33 Å². The van der Waals surface area contributed by atoms with E-state index < -0.39 is 0 Å². The molecule has 3 aromatic heterocycles. The molecule has 0 saturated heterocycles. The molecule has 0 bridgehead atoms. The minimum Gasteiger partial charge on any atom is -0.302 e. The average Bonchev–Trinajstić information content (AvgIpc) is 3.34. The second-order valence-corrected chi connectivity index (χ2v) is 8.15. The van der Waals surface area contributed by atoms with Crippen molar-refractivity contribution < 1.29 is 20.1 Å². The zero-order chi connectivity index (χ0) is 21.8. The van der Waals surface area contributed by atoms with Gasteiger partial charge in [0.15, 0.2) is 0 Å². The van der Waals surface area contributed by atoms with Gasteiger partial charge < -0.3 is 4.98 Å². The van der Waals surface area contributed by atoms with Crippen LogP contribution in [-0.4, -0.2) is 15.0 Å². The first-order valence-corrected chi connectivity index (χ1v) is 11.2. The first kappa shape index (κ1) is 22.9. The van der Waals surface area contributed by atoms with Crippen LogP contribution >= 0.6 is 11.3 Å². The average molecular weight is 622 g/mol. The van der Waals surface area contributed by atoms with Gasteiger partial charge in [-0.15, -0.1) is 65.0 Å². The Morgan fingerprint density at radius 2 is 1.67 bits per heavy atom. The molecule has 33 heavy (non-hydrogen) atoms. The van der Waals surface area contributed by atoms with E-state index in [0.29, 0.717) is 0 Å². The van der Waals surface area contributed by atoms with Crippen LogP contribution in [-0.2, 0) is 20.1 Å². The third kappa shape index (κ3) is 5.07. The van der Waals surface area contributed by atoms with E-state index in [4.69, 9.17) is 0 Å². The topological polar surface area (TPSA) is 38.7 Å². The Morgan fingerprint density at radius 3 is 2.52 bits per heavy atom. The van der Waals surface area contributed by atoms with E-state index >= 15 is 0 Å². The van der Waals surface area contributed by atoms with Crippen molar-refractivity contribution >= 4 is 32.3 Å². The molecule has 0 N–H and O–H groups in total. The summed E-state index contributed by atoms with van der Waals surface area (Å²) in [6, 6.07) is 34.7. The van der Waals surface area contributed by atoms with E-state index in [1.165, 1.54) is 10.8 Å². The quantitative estimate of drug-likeness (QED) is 0.193. The molecule has 0 spiro atoms. The molecule has 0 atom stereocenters. The Morgan fingerprint density at radius 1 is 0.788 bits per heavy atom. The van der Waals surface area contributed by atoms with E-state index in [1.807, 2.05) is 79.0 Å². The van der Waals surface area contributed by atoms with Crippen molar-refractivity contribution in [3.63, 3.8) is 0 Å². The largest absolute Gasteiger partial charge is 0.302 e. The molecule has 6 rings (SSSR count). The standard InChI is InChI=1S/C16H9N2S.C12H10N.Ir/c1-2-6-12-11(4-1)5-3-7-13(12)15-16-14(8-9-19-16)17-10-18-15;1-10-6-5-9-12(13-10)11-7-3-2-4-8-11;/h1-6,8-10H;2-7,9H,1H3;/q2*-1;. The molecule has 0 saturated carbocycles. The van der Waals surface area contributed by atoms with E-state index in [2.05, 4.69) is 45.3 Å². The summed E-state index contributed by atoms with van der Waals surface area (Å²) in [7, 11) is 0. The second kappa shape index (κ2) is 10.6. The van der Waals surface area contributed by atoms with Crippen molar-refractivity contribution in [3.8, 4) is 22.5 Å². The molecule has 0 fully saturated rings. The first-order valence-electron chi connectivity index (χ1n) is 10.3. The predicted octanol–water partition coefficient (Wildman–Crippen LogP) is 7.17. The van der Waals surface area contributed by atoms with Crippen molar-refractivity contribution in [1.82, 2.24) is 15.0 Å². The Balaban J connectivity index is 0.000000164. The van der Waals surface area contributed by atoms with Crippen LogP contribution in [0.5, 0.6) is 0 Å². The molecule has 163 valence electrons. The summed E-state index contributed by atoms with van der Waals surface area (Å²) in [5.41, 5.74) is 6.09. The fourth-order valence-corrected chi connectivity index (χ4v) is 4.41. The number of fused-ring (bicyclic) bond motifs is 2. The van der Waals surface area contributed by atoms with Gasteiger partial charge in [-0.25, -0.2) is 4.98 Å². The smallest absolute Gasteiger partial charge is 0.106 e. The van der Waals surface area contributed by atoms with Gasteiger partial charge in [0.05, 0.1) is 5.52 Å². The molecule has 0 amide bonds. The maximum absolute atomic E-state index is 4.47. The Kier molecular flexibility index (Phi) is 7.36. The van der Waals surface area contributed by atoms with E-state index in [9.17, 15) is 0 Å². The SMILES string of the molecule is Cc1cccc(-c2[c-]cccc2)n1.[Ir].[c-]1ccc2ccccc2c1-c1ncnc2ccsc12. The van der Waals surface area contributed by atoms with Crippen molar-refractivity contribution in [2.45, 2.75) is 6.92 Å². The van der Waals surface area contributed by atoms with Gasteiger partial charge in [0.25, 0.3) is 0 Å². The molecule has 0 unspecified atom stereocenters. The molecular formula is C28H19IrN3S-2. The number of benzene rings is 3. The monoisotopic (exact) mass is 622 g/mol. The van der Waals surface area contributed by atoms with Crippen LogP contribution in [0.25, 0.3) is 43.5 Å². The van der Waals surface area contributed by atoms with E-state index in [0.717, 1.165) is 38.4 Å². The fourth-order valence-electron chi connectivity index (χ4n) is 3.57. The van der Waals surface area contributed by atoms with Gasteiger partial charge in [-0.1, -0.05) is 41.8 Å². The van der Waals surface area contributed by atoms with Crippen LogP contribution in [0.3, 0.4) is 0 Å². The molecule has 0 aliphatic rings. The van der Waals surface area contributed by atoms with Crippen LogP contribution in [0.4, 0.5) is 0 Å². The predicted molar refractivity (Wildman–Crippen MR) is 132 cm³/mol. The Labute approximate surface area is 210 Å². The minimum absolute atomic E-state index is 0. The van der Waals surface area contributed by atoms with E-state index in [-0.39, 0.29) is 20.1 Å². The third-order valence-electron chi connectivity index (χ3n) is 5.07. The molecule has 0 aliphatic heterocycles. The number of rotatable bonds is 2. The van der Waals surface area contributed by atoms with Crippen LogP contribution in [0.2, 0.25) is 0 Å². The number of aryl methyl sites for hydroxylation is 1. The van der Waals surface area contributed by atoms with Gasteiger partial charge in [0.2, 0.25) is 0 Å². The normalized spacial score (nSPS) is 10.3. The fraction of sp³-hybridized carbons (Fsp3) is 0.0357. The summed E-state index contributed by atoms with van der Waals surface area (Å²) < 4.78 is 1.12. The number of aromatic nitrogens is 3. The summed E-state index contributed by atoms with van der Waals surface area (Å²) >= 11 is 1.67. The van der Waals surface area contributed by atoms with Crippen molar-refractivity contribution in [3.05, 3.63) is 114 Å². The maximum atomic E-state index is 4.47. The molecule has 5 heteroatoms. The summed E-state index contributed by atoms with van der Waals surface area (Å²) in [4.78, 5) is 13.2.